The van der Waals surface area contributed by atoms with Crippen molar-refractivity contribution in [3.05, 3.63) is 36.4 Å². The fourth-order valence-electron chi connectivity index (χ4n) is 4.15. The number of amides is 1. The number of carbonyl (C=O) groups is 1. The molecule has 1 aliphatic heterocycles. The zero-order valence-corrected chi connectivity index (χ0v) is 16.3. The first-order valence-corrected chi connectivity index (χ1v) is 10.7. The van der Waals surface area contributed by atoms with Gasteiger partial charge in [-0.15, -0.1) is 0 Å². The minimum absolute atomic E-state index is 0.254. The summed E-state index contributed by atoms with van der Waals surface area (Å²) in [7, 11) is -3.73. The Kier molecular flexibility index (Phi) is 4.42. The Labute approximate surface area is 159 Å². The van der Waals surface area contributed by atoms with Crippen LogP contribution in [0.4, 0.5) is 5.69 Å². The Morgan fingerprint density at radius 3 is 2.52 bits per heavy atom. The normalized spacial score (nSPS) is 23.5. The van der Waals surface area contributed by atoms with E-state index >= 15 is 0 Å². The lowest BCUT2D eigenvalue weighted by Crippen LogP contribution is -2.38. The molecule has 0 radical (unpaired) electrons. The lowest BCUT2D eigenvalue weighted by atomic mass is 9.81. The van der Waals surface area contributed by atoms with Gasteiger partial charge in [-0.2, -0.15) is 5.10 Å². The molecule has 7 heteroatoms. The van der Waals surface area contributed by atoms with Crippen molar-refractivity contribution in [2.45, 2.75) is 38.0 Å². The lowest BCUT2D eigenvalue weighted by molar-refractivity contribution is -0.119. The molecule has 0 spiro atoms. The second-order valence-electron chi connectivity index (χ2n) is 7.45. The number of anilines is 1. The molecule has 1 aliphatic carbocycles. The first kappa shape index (κ1) is 18.0. The number of rotatable bonds is 3. The molecule has 2 aromatic carbocycles. The molecular formula is C20H23N3O3S. The highest BCUT2D eigenvalue weighted by atomic mass is 32.2. The Hall–Kier alpha value is -2.41. The summed E-state index contributed by atoms with van der Waals surface area (Å²) in [6.07, 6.45) is 3.30. The van der Waals surface area contributed by atoms with Crippen molar-refractivity contribution in [2.24, 2.45) is 16.9 Å². The highest BCUT2D eigenvalue weighted by Gasteiger charge is 2.36. The van der Waals surface area contributed by atoms with Crippen molar-refractivity contribution in [3.8, 4) is 0 Å². The van der Waals surface area contributed by atoms with Crippen molar-refractivity contribution in [1.29, 1.82) is 0 Å². The molecule has 27 heavy (non-hydrogen) atoms. The topological polar surface area (TPSA) is 78.8 Å². The van der Waals surface area contributed by atoms with Crippen LogP contribution in [0.1, 0.15) is 33.1 Å². The minimum Gasteiger partial charge on any atom is -0.271 e. The van der Waals surface area contributed by atoms with E-state index in [1.165, 1.54) is 10.7 Å². The molecule has 0 aromatic heterocycles. The number of sulfonamides is 1. The van der Waals surface area contributed by atoms with Crippen molar-refractivity contribution in [2.75, 3.05) is 10.8 Å². The third-order valence-corrected chi connectivity index (χ3v) is 7.36. The fraction of sp³-hybridized carbons (Fsp3) is 0.400. The predicted octanol–water partition coefficient (Wildman–Crippen LogP) is 3.28. The van der Waals surface area contributed by atoms with E-state index in [0.29, 0.717) is 22.9 Å². The third kappa shape index (κ3) is 3.00. The molecule has 1 fully saturated rings. The van der Waals surface area contributed by atoms with Gasteiger partial charge < -0.3 is 0 Å². The SMILES string of the molecule is C[C@H]1CCC[C@H](C)C1=NNC(=O)CN1c2cccc3cccc(c23)S1(=O)=O. The van der Waals surface area contributed by atoms with Crippen molar-refractivity contribution < 1.29 is 13.2 Å². The zero-order valence-electron chi connectivity index (χ0n) is 15.5. The van der Waals surface area contributed by atoms with Gasteiger partial charge in [0.25, 0.3) is 15.9 Å². The Bertz CT molecular complexity index is 1030. The van der Waals surface area contributed by atoms with E-state index in [1.54, 1.807) is 24.3 Å². The number of nitrogens with zero attached hydrogens (tertiary/aromatic N) is 2. The van der Waals surface area contributed by atoms with E-state index in [0.717, 1.165) is 23.9 Å². The van der Waals surface area contributed by atoms with Crippen molar-refractivity contribution in [1.82, 2.24) is 5.43 Å². The van der Waals surface area contributed by atoms with Crippen LogP contribution in [-0.2, 0) is 14.8 Å². The average molecular weight is 385 g/mol. The summed E-state index contributed by atoms with van der Waals surface area (Å²) in [5.41, 5.74) is 4.12. The molecular weight excluding hydrogens is 362 g/mol. The molecule has 2 atom stereocenters. The molecule has 6 nitrogen and oxygen atoms in total. The maximum absolute atomic E-state index is 12.9. The maximum Gasteiger partial charge on any atom is 0.265 e. The Morgan fingerprint density at radius 1 is 1.15 bits per heavy atom. The monoisotopic (exact) mass is 385 g/mol. The molecule has 4 rings (SSSR count). The van der Waals surface area contributed by atoms with Crippen LogP contribution in [0.25, 0.3) is 10.8 Å². The highest BCUT2D eigenvalue weighted by molar-refractivity contribution is 7.93. The van der Waals surface area contributed by atoms with Crippen LogP contribution < -0.4 is 9.73 Å². The van der Waals surface area contributed by atoms with Gasteiger partial charge in [0.2, 0.25) is 0 Å². The summed E-state index contributed by atoms with van der Waals surface area (Å²) in [5.74, 6) is 0.242. The molecule has 1 heterocycles. The molecule has 1 N–H and O–H groups in total. The van der Waals surface area contributed by atoms with Gasteiger partial charge >= 0.3 is 0 Å². The Balaban J connectivity index is 1.58. The standard InChI is InChI=1S/C20H23N3O3S/c1-13-6-3-7-14(2)20(13)22-21-18(24)12-23-16-10-4-8-15-9-5-11-17(19(15)16)27(23,25)26/h4-5,8-11,13-14H,3,6-7,12H2,1-2H3,(H,21,24)/t13-,14-/m0/s1. The smallest absolute Gasteiger partial charge is 0.265 e. The van der Waals surface area contributed by atoms with Gasteiger partial charge in [0.15, 0.2) is 0 Å². The third-order valence-electron chi connectivity index (χ3n) is 5.56. The quantitative estimate of drug-likeness (QED) is 0.824. The predicted molar refractivity (Wildman–Crippen MR) is 106 cm³/mol. The summed E-state index contributed by atoms with van der Waals surface area (Å²) >= 11 is 0. The van der Waals surface area contributed by atoms with Crippen LogP contribution in [0, 0.1) is 11.8 Å². The van der Waals surface area contributed by atoms with Gasteiger partial charge in [-0.05, 0) is 42.2 Å². The minimum atomic E-state index is -3.73. The van der Waals surface area contributed by atoms with E-state index in [9.17, 15) is 13.2 Å². The van der Waals surface area contributed by atoms with Gasteiger partial charge in [-0.25, -0.2) is 13.8 Å². The zero-order chi connectivity index (χ0) is 19.2. The van der Waals surface area contributed by atoms with E-state index in [4.69, 9.17) is 0 Å². The van der Waals surface area contributed by atoms with Gasteiger partial charge in [-0.1, -0.05) is 44.5 Å². The van der Waals surface area contributed by atoms with Crippen LogP contribution in [0.2, 0.25) is 0 Å². The van der Waals surface area contributed by atoms with E-state index in [-0.39, 0.29) is 11.4 Å². The van der Waals surface area contributed by atoms with Crippen LogP contribution >= 0.6 is 0 Å². The fourth-order valence-corrected chi connectivity index (χ4v) is 5.82. The Morgan fingerprint density at radius 2 is 1.81 bits per heavy atom. The number of carbonyl (C=O) groups excluding carboxylic acids is 1. The first-order chi connectivity index (χ1) is 12.9. The summed E-state index contributed by atoms with van der Waals surface area (Å²) in [6.45, 7) is 3.95. The van der Waals surface area contributed by atoms with Gasteiger partial charge in [0, 0.05) is 11.1 Å². The summed E-state index contributed by atoms with van der Waals surface area (Å²) < 4.78 is 27.0. The van der Waals surface area contributed by atoms with E-state index in [1.807, 2.05) is 12.1 Å². The van der Waals surface area contributed by atoms with Gasteiger partial charge in [-0.3, -0.25) is 9.10 Å². The van der Waals surface area contributed by atoms with Crippen LogP contribution in [0.3, 0.4) is 0 Å². The summed E-state index contributed by atoms with van der Waals surface area (Å²) in [6, 6.07) is 10.6. The number of benzene rings is 2. The highest BCUT2D eigenvalue weighted by Crippen LogP contribution is 2.41. The van der Waals surface area contributed by atoms with E-state index in [2.05, 4.69) is 24.4 Å². The van der Waals surface area contributed by atoms with Gasteiger partial charge in [0.1, 0.15) is 6.54 Å². The number of hydrogen-bond acceptors (Lipinski definition) is 4. The second kappa shape index (κ2) is 6.64. The maximum atomic E-state index is 12.9. The lowest BCUT2D eigenvalue weighted by Gasteiger charge is -2.26. The van der Waals surface area contributed by atoms with Crippen LogP contribution in [0.15, 0.2) is 46.4 Å². The first-order valence-electron chi connectivity index (χ1n) is 9.30. The average Bonchev–Trinajstić information content (AvgIpc) is 2.85. The molecule has 0 saturated heterocycles. The number of hydrogen-bond donors (Lipinski definition) is 1. The van der Waals surface area contributed by atoms with Crippen LogP contribution in [0.5, 0.6) is 0 Å². The molecule has 142 valence electrons. The summed E-state index contributed by atoms with van der Waals surface area (Å²) in [4.78, 5) is 12.7. The largest absolute Gasteiger partial charge is 0.271 e. The molecule has 2 aromatic rings. The van der Waals surface area contributed by atoms with E-state index < -0.39 is 15.9 Å². The molecule has 1 saturated carbocycles. The molecule has 0 unspecified atom stereocenters. The molecule has 1 amide bonds. The van der Waals surface area contributed by atoms with Crippen molar-refractivity contribution >= 4 is 38.1 Å². The summed E-state index contributed by atoms with van der Waals surface area (Å²) in [5, 5.41) is 5.85. The number of hydrazone groups is 1. The number of nitrogens with one attached hydrogen (secondary N) is 1. The molecule has 0 bridgehead atoms. The second-order valence-corrected chi connectivity index (χ2v) is 9.28. The molecule has 2 aliphatic rings. The van der Waals surface area contributed by atoms with Crippen LogP contribution in [-0.4, -0.2) is 26.6 Å². The van der Waals surface area contributed by atoms with Gasteiger partial charge in [0.05, 0.1) is 10.6 Å². The van der Waals surface area contributed by atoms with Crippen molar-refractivity contribution in [3.63, 3.8) is 0 Å².